The van der Waals surface area contributed by atoms with Gasteiger partial charge in [0.1, 0.15) is 0 Å². The molecule has 1 unspecified atom stereocenters. The minimum Gasteiger partial charge on any atom is -0.271 e. The molecule has 1 atom stereocenters. The van der Waals surface area contributed by atoms with Gasteiger partial charge in [-0.05, 0) is 19.3 Å². The third-order valence-electron chi connectivity index (χ3n) is 2.45. The van der Waals surface area contributed by atoms with E-state index in [4.69, 9.17) is 5.84 Å². The van der Waals surface area contributed by atoms with Crippen LogP contribution in [0.15, 0.2) is 6.20 Å². The Morgan fingerprint density at radius 1 is 1.77 bits per heavy atom. The summed E-state index contributed by atoms with van der Waals surface area (Å²) in [6, 6.07) is 0.318. The first kappa shape index (κ1) is 9.12. The fourth-order valence-corrected chi connectivity index (χ4v) is 2.35. The number of hydrazine groups is 1. The highest BCUT2D eigenvalue weighted by Crippen LogP contribution is 2.38. The molecule has 0 aliphatic heterocycles. The summed E-state index contributed by atoms with van der Waals surface area (Å²) in [7, 11) is 0. The number of rotatable bonds is 4. The van der Waals surface area contributed by atoms with Crippen LogP contribution in [0.5, 0.6) is 0 Å². The summed E-state index contributed by atoms with van der Waals surface area (Å²) in [5.74, 6) is 6.41. The highest BCUT2D eigenvalue weighted by molar-refractivity contribution is 7.11. The first-order valence-electron chi connectivity index (χ1n) is 4.68. The highest BCUT2D eigenvalue weighted by atomic mass is 32.1. The largest absolute Gasteiger partial charge is 0.271 e. The topological polar surface area (TPSA) is 50.9 Å². The molecule has 1 aromatic rings. The maximum absolute atomic E-state index is 5.52. The third kappa shape index (κ3) is 2.27. The Hall–Kier alpha value is -0.450. The van der Waals surface area contributed by atoms with Crippen LogP contribution in [-0.4, -0.2) is 4.98 Å². The highest BCUT2D eigenvalue weighted by Gasteiger charge is 2.26. The van der Waals surface area contributed by atoms with Gasteiger partial charge >= 0.3 is 0 Å². The Kier molecular flexibility index (Phi) is 2.62. The maximum Gasteiger partial charge on any atom is 0.0897 e. The van der Waals surface area contributed by atoms with E-state index in [1.54, 1.807) is 11.3 Å². The van der Waals surface area contributed by atoms with Crippen LogP contribution in [0.25, 0.3) is 0 Å². The molecule has 1 saturated carbocycles. The second-order valence-corrected chi connectivity index (χ2v) is 4.95. The molecule has 1 aliphatic rings. The fourth-order valence-electron chi connectivity index (χ4n) is 1.49. The van der Waals surface area contributed by atoms with E-state index in [0.29, 0.717) is 6.04 Å². The lowest BCUT2D eigenvalue weighted by molar-refractivity contribution is 0.493. The average Bonchev–Trinajstić information content (AvgIpc) is 2.84. The van der Waals surface area contributed by atoms with E-state index in [2.05, 4.69) is 10.4 Å². The van der Waals surface area contributed by atoms with Gasteiger partial charge in [0.05, 0.1) is 11.0 Å². The number of aromatic nitrogens is 1. The second-order valence-electron chi connectivity index (χ2n) is 3.68. The molecule has 1 aliphatic carbocycles. The quantitative estimate of drug-likeness (QED) is 0.571. The predicted octanol–water partition coefficient (Wildman–Crippen LogP) is 1.76. The van der Waals surface area contributed by atoms with E-state index >= 15 is 0 Å². The smallest absolute Gasteiger partial charge is 0.0897 e. The maximum atomic E-state index is 5.52. The number of hydrogen-bond acceptors (Lipinski definition) is 4. The van der Waals surface area contributed by atoms with E-state index in [0.717, 1.165) is 17.3 Å². The molecule has 0 spiro atoms. The third-order valence-corrected chi connectivity index (χ3v) is 3.48. The van der Waals surface area contributed by atoms with Gasteiger partial charge in [-0.2, -0.15) is 0 Å². The SMILES string of the molecule is Cc1ncc(C(CC2CC2)NN)s1. The van der Waals surface area contributed by atoms with Crippen molar-refractivity contribution >= 4 is 11.3 Å². The van der Waals surface area contributed by atoms with Gasteiger partial charge in [0.2, 0.25) is 0 Å². The summed E-state index contributed by atoms with van der Waals surface area (Å²) in [6.07, 6.45) is 5.84. The fraction of sp³-hybridized carbons (Fsp3) is 0.667. The van der Waals surface area contributed by atoms with Crippen LogP contribution in [0.1, 0.15) is 35.2 Å². The summed E-state index contributed by atoms with van der Waals surface area (Å²) in [4.78, 5) is 5.51. The first-order valence-corrected chi connectivity index (χ1v) is 5.49. The van der Waals surface area contributed by atoms with Gasteiger partial charge in [-0.3, -0.25) is 11.3 Å². The monoisotopic (exact) mass is 197 g/mol. The van der Waals surface area contributed by atoms with Crippen LogP contribution in [-0.2, 0) is 0 Å². The van der Waals surface area contributed by atoms with E-state index in [1.807, 2.05) is 13.1 Å². The Bertz CT molecular complexity index is 280. The van der Waals surface area contributed by atoms with Gasteiger partial charge in [0.15, 0.2) is 0 Å². The van der Waals surface area contributed by atoms with E-state index in [1.165, 1.54) is 17.7 Å². The molecule has 0 amide bonds. The van der Waals surface area contributed by atoms with Crippen molar-refractivity contribution < 1.29 is 0 Å². The van der Waals surface area contributed by atoms with Gasteiger partial charge in [-0.25, -0.2) is 4.98 Å². The Balaban J connectivity index is 2.01. The van der Waals surface area contributed by atoms with Crippen LogP contribution in [0.2, 0.25) is 0 Å². The van der Waals surface area contributed by atoms with Crippen molar-refractivity contribution in [2.24, 2.45) is 11.8 Å². The lowest BCUT2D eigenvalue weighted by Crippen LogP contribution is -2.27. The van der Waals surface area contributed by atoms with Crippen LogP contribution >= 0.6 is 11.3 Å². The van der Waals surface area contributed by atoms with Crippen molar-refractivity contribution in [1.29, 1.82) is 0 Å². The van der Waals surface area contributed by atoms with Crippen molar-refractivity contribution in [3.8, 4) is 0 Å². The lowest BCUT2D eigenvalue weighted by Gasteiger charge is -2.12. The zero-order valence-corrected chi connectivity index (χ0v) is 8.60. The molecule has 13 heavy (non-hydrogen) atoms. The van der Waals surface area contributed by atoms with Crippen LogP contribution in [0, 0.1) is 12.8 Å². The molecule has 1 heterocycles. The number of nitrogens with zero attached hydrogens (tertiary/aromatic N) is 1. The van der Waals surface area contributed by atoms with Crippen molar-refractivity contribution in [2.45, 2.75) is 32.2 Å². The van der Waals surface area contributed by atoms with Crippen LogP contribution in [0.4, 0.5) is 0 Å². The van der Waals surface area contributed by atoms with Gasteiger partial charge in [-0.15, -0.1) is 11.3 Å². The summed E-state index contributed by atoms with van der Waals surface area (Å²) in [5, 5.41) is 1.12. The Morgan fingerprint density at radius 3 is 3.00 bits per heavy atom. The van der Waals surface area contributed by atoms with Gasteiger partial charge in [0.25, 0.3) is 0 Å². The van der Waals surface area contributed by atoms with E-state index in [-0.39, 0.29) is 0 Å². The second kappa shape index (κ2) is 3.74. The molecule has 4 heteroatoms. The lowest BCUT2D eigenvalue weighted by atomic mass is 10.1. The summed E-state index contributed by atoms with van der Waals surface area (Å²) in [5.41, 5.74) is 2.87. The minimum absolute atomic E-state index is 0.318. The van der Waals surface area contributed by atoms with Gasteiger partial charge < -0.3 is 0 Å². The first-order chi connectivity index (χ1) is 6.29. The molecule has 2 rings (SSSR count). The van der Waals surface area contributed by atoms with E-state index < -0.39 is 0 Å². The average molecular weight is 197 g/mol. The standard InChI is InChI=1S/C9H15N3S/c1-6-11-5-9(13-6)8(12-10)4-7-2-3-7/h5,7-8,12H,2-4,10H2,1H3. The number of thiazole rings is 1. The minimum atomic E-state index is 0.318. The van der Waals surface area contributed by atoms with Gasteiger partial charge in [-0.1, -0.05) is 12.8 Å². The molecular formula is C9H15N3S. The Labute approximate surface area is 82.3 Å². The molecule has 3 N–H and O–H groups in total. The molecule has 72 valence electrons. The number of hydrogen-bond donors (Lipinski definition) is 2. The summed E-state index contributed by atoms with van der Waals surface area (Å²) >= 11 is 1.74. The molecule has 1 aromatic heterocycles. The van der Waals surface area contributed by atoms with Crippen molar-refractivity contribution in [2.75, 3.05) is 0 Å². The van der Waals surface area contributed by atoms with Crippen LogP contribution in [0.3, 0.4) is 0 Å². The molecule has 1 fully saturated rings. The molecule has 3 nitrogen and oxygen atoms in total. The van der Waals surface area contributed by atoms with Crippen molar-refractivity contribution in [3.63, 3.8) is 0 Å². The van der Waals surface area contributed by atoms with Crippen LogP contribution < -0.4 is 11.3 Å². The molecule has 0 bridgehead atoms. The zero-order valence-electron chi connectivity index (χ0n) is 7.79. The predicted molar refractivity (Wildman–Crippen MR) is 54.3 cm³/mol. The van der Waals surface area contributed by atoms with Gasteiger partial charge in [0, 0.05) is 11.1 Å². The van der Waals surface area contributed by atoms with Crippen molar-refractivity contribution in [1.82, 2.24) is 10.4 Å². The number of aryl methyl sites for hydroxylation is 1. The molecule has 0 radical (unpaired) electrons. The van der Waals surface area contributed by atoms with E-state index in [9.17, 15) is 0 Å². The number of nitrogens with two attached hydrogens (primary N) is 1. The Morgan fingerprint density at radius 2 is 2.54 bits per heavy atom. The molecule has 0 aromatic carbocycles. The van der Waals surface area contributed by atoms with Crippen molar-refractivity contribution in [3.05, 3.63) is 16.1 Å². The summed E-state index contributed by atoms with van der Waals surface area (Å²) < 4.78 is 0. The molecular weight excluding hydrogens is 182 g/mol. The summed E-state index contributed by atoms with van der Waals surface area (Å²) in [6.45, 7) is 2.03. The number of nitrogens with one attached hydrogen (secondary N) is 1. The normalized spacial score (nSPS) is 18.9. The molecule has 0 saturated heterocycles. The zero-order chi connectivity index (χ0) is 9.26.